The van der Waals surface area contributed by atoms with Gasteiger partial charge in [0.15, 0.2) is 0 Å². The van der Waals surface area contributed by atoms with E-state index in [0.29, 0.717) is 37.4 Å². The van der Waals surface area contributed by atoms with Gasteiger partial charge < -0.3 is 9.64 Å². The Bertz CT molecular complexity index is 538. The molecule has 1 aromatic carbocycles. The van der Waals surface area contributed by atoms with E-state index in [-0.39, 0.29) is 23.9 Å². The zero-order valence-corrected chi connectivity index (χ0v) is 13.8. The molecule has 22 heavy (non-hydrogen) atoms. The molecule has 0 aromatic heterocycles. The Morgan fingerprint density at radius 2 is 2.05 bits per heavy atom. The van der Waals surface area contributed by atoms with Gasteiger partial charge in [0.1, 0.15) is 6.10 Å². The highest BCUT2D eigenvalue weighted by Gasteiger charge is 2.28. The Balaban J connectivity index is 1.94. The first-order chi connectivity index (χ1) is 10.5. The van der Waals surface area contributed by atoms with E-state index in [1.807, 2.05) is 25.1 Å². The number of halogens is 1. The third kappa shape index (κ3) is 4.23. The van der Waals surface area contributed by atoms with E-state index in [1.165, 1.54) is 0 Å². The van der Waals surface area contributed by atoms with E-state index in [0.717, 1.165) is 5.56 Å². The predicted octanol–water partition coefficient (Wildman–Crippen LogP) is 3.59. The summed E-state index contributed by atoms with van der Waals surface area (Å²) in [5.41, 5.74) is 0.921. The Morgan fingerprint density at radius 1 is 1.36 bits per heavy atom. The van der Waals surface area contributed by atoms with Gasteiger partial charge in [-0.25, -0.2) is 0 Å². The number of hydrogen-bond acceptors (Lipinski definition) is 3. The predicted molar refractivity (Wildman–Crippen MR) is 85.6 cm³/mol. The number of esters is 1. The summed E-state index contributed by atoms with van der Waals surface area (Å²) >= 11 is 6.00. The van der Waals surface area contributed by atoms with Gasteiger partial charge in [0.05, 0.1) is 5.92 Å². The van der Waals surface area contributed by atoms with Gasteiger partial charge in [0.2, 0.25) is 5.91 Å². The van der Waals surface area contributed by atoms with Gasteiger partial charge in [-0.3, -0.25) is 9.59 Å². The van der Waals surface area contributed by atoms with Crippen molar-refractivity contribution in [2.24, 2.45) is 5.92 Å². The standard InChI is InChI=1S/C17H22ClNO3/c1-3-16(14-5-4-6-15(18)11-14)22-17(21)13-7-9-19(10-8-13)12(2)20/h4-6,11,13,16H,3,7-10H2,1-2H3/t16-/m1/s1. The van der Waals surface area contributed by atoms with Crippen LogP contribution in [0.4, 0.5) is 0 Å². The number of hydrogen-bond donors (Lipinski definition) is 0. The summed E-state index contributed by atoms with van der Waals surface area (Å²) in [5.74, 6) is -0.226. The molecule has 1 aromatic rings. The minimum absolute atomic E-state index is 0.0668. The quantitative estimate of drug-likeness (QED) is 0.795. The number of piperidine rings is 1. The average Bonchev–Trinajstić information content (AvgIpc) is 2.52. The van der Waals surface area contributed by atoms with Gasteiger partial charge in [-0.1, -0.05) is 30.7 Å². The van der Waals surface area contributed by atoms with Crippen molar-refractivity contribution in [3.63, 3.8) is 0 Å². The molecule has 0 N–H and O–H groups in total. The van der Waals surface area contributed by atoms with E-state index < -0.39 is 0 Å². The van der Waals surface area contributed by atoms with Crippen LogP contribution >= 0.6 is 11.6 Å². The van der Waals surface area contributed by atoms with Crippen LogP contribution in [0.3, 0.4) is 0 Å². The van der Waals surface area contributed by atoms with Crippen molar-refractivity contribution >= 4 is 23.5 Å². The number of ether oxygens (including phenoxy) is 1. The summed E-state index contributed by atoms with van der Waals surface area (Å²) in [6, 6.07) is 7.42. The molecule has 1 aliphatic rings. The lowest BCUT2D eigenvalue weighted by Crippen LogP contribution is -2.39. The average molecular weight is 324 g/mol. The van der Waals surface area contributed by atoms with Crippen molar-refractivity contribution in [1.82, 2.24) is 4.90 Å². The number of carbonyl (C=O) groups excluding carboxylic acids is 2. The first-order valence-corrected chi connectivity index (χ1v) is 8.10. The largest absolute Gasteiger partial charge is 0.457 e. The minimum Gasteiger partial charge on any atom is -0.457 e. The molecule has 120 valence electrons. The first-order valence-electron chi connectivity index (χ1n) is 7.72. The third-order valence-electron chi connectivity index (χ3n) is 4.12. The van der Waals surface area contributed by atoms with Crippen molar-refractivity contribution in [2.45, 2.75) is 39.2 Å². The topological polar surface area (TPSA) is 46.6 Å². The summed E-state index contributed by atoms with van der Waals surface area (Å²) in [6.07, 6.45) is 1.78. The maximum atomic E-state index is 12.3. The minimum atomic E-state index is -0.267. The molecule has 5 heteroatoms. The van der Waals surface area contributed by atoms with Gasteiger partial charge in [0.25, 0.3) is 0 Å². The second-order valence-corrected chi connectivity index (χ2v) is 6.11. The molecule has 2 rings (SSSR count). The first kappa shape index (κ1) is 16.8. The second kappa shape index (κ2) is 7.63. The van der Waals surface area contributed by atoms with Gasteiger partial charge in [-0.15, -0.1) is 0 Å². The molecule has 1 heterocycles. The molecular formula is C17H22ClNO3. The fraction of sp³-hybridized carbons (Fsp3) is 0.529. The van der Waals surface area contributed by atoms with Crippen molar-refractivity contribution in [3.8, 4) is 0 Å². The lowest BCUT2D eigenvalue weighted by atomic mass is 9.96. The maximum Gasteiger partial charge on any atom is 0.309 e. The van der Waals surface area contributed by atoms with Crippen molar-refractivity contribution in [2.75, 3.05) is 13.1 Å². The summed E-state index contributed by atoms with van der Waals surface area (Å²) in [4.78, 5) is 25.4. The van der Waals surface area contributed by atoms with Gasteiger partial charge in [-0.2, -0.15) is 0 Å². The van der Waals surface area contributed by atoms with Crippen LogP contribution in [0, 0.1) is 5.92 Å². The Hall–Kier alpha value is -1.55. The van der Waals surface area contributed by atoms with E-state index >= 15 is 0 Å². The Morgan fingerprint density at radius 3 is 2.59 bits per heavy atom. The summed E-state index contributed by atoms with van der Waals surface area (Å²) < 4.78 is 5.67. The molecule has 1 saturated heterocycles. The molecule has 0 spiro atoms. The molecule has 0 radical (unpaired) electrons. The fourth-order valence-corrected chi connectivity index (χ4v) is 2.96. The van der Waals surface area contributed by atoms with Crippen molar-refractivity contribution in [1.29, 1.82) is 0 Å². The molecular weight excluding hydrogens is 302 g/mol. The van der Waals surface area contributed by atoms with Gasteiger partial charge >= 0.3 is 5.97 Å². The van der Waals surface area contributed by atoms with E-state index in [4.69, 9.17) is 16.3 Å². The van der Waals surface area contributed by atoms with Crippen LogP contribution in [0.5, 0.6) is 0 Å². The maximum absolute atomic E-state index is 12.3. The highest BCUT2D eigenvalue weighted by Crippen LogP contribution is 2.27. The Kier molecular flexibility index (Phi) is 5.83. The number of carbonyl (C=O) groups is 2. The monoisotopic (exact) mass is 323 g/mol. The third-order valence-corrected chi connectivity index (χ3v) is 4.36. The van der Waals surface area contributed by atoms with Crippen molar-refractivity contribution < 1.29 is 14.3 Å². The summed E-state index contributed by atoms with van der Waals surface area (Å²) in [6.45, 7) is 4.80. The number of amides is 1. The summed E-state index contributed by atoms with van der Waals surface area (Å²) in [5, 5.41) is 0.641. The Labute approximate surface area is 136 Å². The molecule has 0 bridgehead atoms. The molecule has 4 nitrogen and oxygen atoms in total. The van der Waals surface area contributed by atoms with E-state index in [1.54, 1.807) is 17.9 Å². The number of likely N-dealkylation sites (tertiary alicyclic amines) is 1. The molecule has 1 aliphatic heterocycles. The highest BCUT2D eigenvalue weighted by molar-refractivity contribution is 6.30. The molecule has 0 saturated carbocycles. The van der Waals surface area contributed by atoms with Crippen LogP contribution in [-0.4, -0.2) is 29.9 Å². The van der Waals surface area contributed by atoms with Crippen LogP contribution in [-0.2, 0) is 14.3 Å². The fourth-order valence-electron chi connectivity index (χ4n) is 2.76. The smallest absolute Gasteiger partial charge is 0.309 e. The molecule has 0 unspecified atom stereocenters. The van der Waals surface area contributed by atoms with Crippen LogP contribution in [0.1, 0.15) is 44.8 Å². The highest BCUT2D eigenvalue weighted by atomic mass is 35.5. The number of nitrogens with zero attached hydrogens (tertiary/aromatic N) is 1. The van der Waals surface area contributed by atoms with Gasteiger partial charge in [-0.05, 0) is 37.0 Å². The van der Waals surface area contributed by atoms with Crippen LogP contribution in [0.25, 0.3) is 0 Å². The zero-order chi connectivity index (χ0) is 16.1. The van der Waals surface area contributed by atoms with Crippen LogP contribution in [0.2, 0.25) is 5.02 Å². The lowest BCUT2D eigenvalue weighted by Gasteiger charge is -2.31. The molecule has 1 fully saturated rings. The summed E-state index contributed by atoms with van der Waals surface area (Å²) in [7, 11) is 0. The molecule has 1 atom stereocenters. The van der Waals surface area contributed by atoms with E-state index in [2.05, 4.69) is 0 Å². The second-order valence-electron chi connectivity index (χ2n) is 5.67. The molecule has 0 aliphatic carbocycles. The SMILES string of the molecule is CC[C@@H](OC(=O)C1CCN(C(C)=O)CC1)c1cccc(Cl)c1. The number of rotatable bonds is 4. The van der Waals surface area contributed by atoms with Gasteiger partial charge in [0, 0.05) is 25.0 Å². The zero-order valence-electron chi connectivity index (χ0n) is 13.0. The molecule has 1 amide bonds. The van der Waals surface area contributed by atoms with Crippen LogP contribution in [0.15, 0.2) is 24.3 Å². The van der Waals surface area contributed by atoms with Crippen molar-refractivity contribution in [3.05, 3.63) is 34.9 Å². The normalized spacial score (nSPS) is 17.1. The number of benzene rings is 1. The lowest BCUT2D eigenvalue weighted by molar-refractivity contribution is -0.157. The van der Waals surface area contributed by atoms with E-state index in [9.17, 15) is 9.59 Å². The van der Waals surface area contributed by atoms with Crippen LogP contribution < -0.4 is 0 Å².